The van der Waals surface area contributed by atoms with E-state index in [0.29, 0.717) is 5.22 Å². The van der Waals surface area contributed by atoms with Crippen molar-refractivity contribution in [2.75, 3.05) is 0 Å². The molecule has 0 aromatic heterocycles. The van der Waals surface area contributed by atoms with Crippen molar-refractivity contribution in [1.29, 1.82) is 0 Å². The third kappa shape index (κ3) is 1.24. The summed E-state index contributed by atoms with van der Waals surface area (Å²) in [7, 11) is 0. The highest BCUT2D eigenvalue weighted by molar-refractivity contribution is 6.23. The fraction of sp³-hybridized carbons (Fsp3) is 0. The quantitative estimate of drug-likeness (QED) is 0.448. The molecule has 4 rings (SSSR count). The normalized spacial score (nSPS) is 11.0. The maximum atomic E-state index is 11.2. The van der Waals surface area contributed by atoms with E-state index >= 15 is 0 Å². The van der Waals surface area contributed by atoms with Crippen LogP contribution >= 0.6 is 0 Å². The van der Waals surface area contributed by atoms with E-state index in [1.54, 1.807) is 6.07 Å². The second-order valence-corrected chi connectivity index (χ2v) is 4.86. The number of hydrogen-bond donors (Lipinski definition) is 0. The molecule has 0 aliphatic heterocycles. The molecule has 0 aliphatic carbocycles. The fourth-order valence-electron chi connectivity index (χ4n) is 3.00. The van der Waals surface area contributed by atoms with Crippen LogP contribution in [0.25, 0.3) is 32.3 Å². The van der Waals surface area contributed by atoms with Crippen LogP contribution < -0.4 is 10.4 Å². The standard InChI is InChI=1S/C18H8O2/c19-9-14-8-13-5-4-11-2-1-3-12-6-7-15(16(14)10-20)18(13)17(11)12/h1-8H. The van der Waals surface area contributed by atoms with Gasteiger partial charge >= 0.3 is 0 Å². The molecule has 2 heteroatoms. The van der Waals surface area contributed by atoms with Gasteiger partial charge in [0.05, 0.1) is 10.4 Å². The number of benzene rings is 4. The lowest BCUT2D eigenvalue weighted by Gasteiger charge is -2.09. The monoisotopic (exact) mass is 256 g/mol. The molecule has 0 bridgehead atoms. The van der Waals surface area contributed by atoms with Gasteiger partial charge in [-0.05, 0) is 33.0 Å². The lowest BCUT2D eigenvalue weighted by atomic mass is 9.93. The molecule has 0 saturated heterocycles. The molecule has 0 heterocycles. The Bertz CT molecular complexity index is 1130. The molecule has 0 spiro atoms. The zero-order chi connectivity index (χ0) is 13.7. The molecule has 0 aliphatic rings. The molecule has 2 nitrogen and oxygen atoms in total. The number of hydrogen-bond acceptors (Lipinski definition) is 2. The van der Waals surface area contributed by atoms with Gasteiger partial charge in [-0.2, -0.15) is 0 Å². The minimum Gasteiger partial charge on any atom is -0.233 e. The van der Waals surface area contributed by atoms with Gasteiger partial charge in [0.2, 0.25) is 0 Å². The van der Waals surface area contributed by atoms with Crippen molar-refractivity contribution in [3.8, 4) is 0 Å². The highest BCUT2D eigenvalue weighted by Gasteiger charge is 2.09. The summed E-state index contributed by atoms with van der Waals surface area (Å²) in [4.78, 5) is 22.3. The number of carbonyl (C=O) groups excluding carboxylic acids is 2. The molecular formula is C18H8O2. The van der Waals surface area contributed by atoms with Gasteiger partial charge in [-0.15, -0.1) is 0 Å². The molecule has 4 aromatic rings. The Kier molecular flexibility index (Phi) is 2.07. The maximum Gasteiger partial charge on any atom is 0.134 e. The minimum absolute atomic E-state index is 0.269. The maximum absolute atomic E-state index is 11.2. The van der Waals surface area contributed by atoms with Crippen LogP contribution in [0.4, 0.5) is 0 Å². The first-order chi connectivity index (χ1) is 9.83. The largest absolute Gasteiger partial charge is 0.233 e. The molecule has 4 aromatic carbocycles. The smallest absolute Gasteiger partial charge is 0.134 e. The van der Waals surface area contributed by atoms with E-state index in [2.05, 4.69) is 0 Å². The van der Waals surface area contributed by atoms with Crippen molar-refractivity contribution in [1.82, 2.24) is 0 Å². The van der Waals surface area contributed by atoms with Gasteiger partial charge in [0, 0.05) is 5.39 Å². The fourth-order valence-corrected chi connectivity index (χ4v) is 3.00. The summed E-state index contributed by atoms with van der Waals surface area (Å²) < 4.78 is 0. The molecule has 0 atom stereocenters. The Morgan fingerprint density at radius 3 is 2.10 bits per heavy atom. The van der Waals surface area contributed by atoms with Crippen molar-refractivity contribution in [3.63, 3.8) is 0 Å². The van der Waals surface area contributed by atoms with Crippen molar-refractivity contribution in [2.45, 2.75) is 0 Å². The summed E-state index contributed by atoms with van der Waals surface area (Å²) >= 11 is 0. The molecule has 0 N–H and O–H groups in total. The Labute approximate surface area is 113 Å². The first-order valence-corrected chi connectivity index (χ1v) is 6.30. The van der Waals surface area contributed by atoms with E-state index in [0.717, 1.165) is 32.3 Å². The van der Waals surface area contributed by atoms with Crippen molar-refractivity contribution >= 4 is 44.2 Å². The zero-order valence-corrected chi connectivity index (χ0v) is 10.4. The summed E-state index contributed by atoms with van der Waals surface area (Å²) in [5.74, 6) is 3.72. The first-order valence-electron chi connectivity index (χ1n) is 6.30. The van der Waals surface area contributed by atoms with Gasteiger partial charge in [-0.1, -0.05) is 42.5 Å². The Balaban J connectivity index is 2.56. The lowest BCUT2D eigenvalue weighted by molar-refractivity contribution is 0.564. The number of rotatable bonds is 0. The van der Waals surface area contributed by atoms with Crippen LogP contribution in [0.15, 0.2) is 48.5 Å². The van der Waals surface area contributed by atoms with Gasteiger partial charge in [0.1, 0.15) is 11.9 Å². The van der Waals surface area contributed by atoms with E-state index < -0.39 is 0 Å². The molecule has 92 valence electrons. The van der Waals surface area contributed by atoms with E-state index in [-0.39, 0.29) is 5.22 Å². The van der Waals surface area contributed by atoms with Crippen LogP contribution in [0, 0.1) is 0 Å². The van der Waals surface area contributed by atoms with Crippen molar-refractivity contribution in [3.05, 3.63) is 59.0 Å². The molecule has 0 unspecified atom stereocenters. The van der Waals surface area contributed by atoms with Crippen molar-refractivity contribution < 1.29 is 9.59 Å². The second kappa shape index (κ2) is 3.79. The van der Waals surface area contributed by atoms with Gasteiger partial charge < -0.3 is 0 Å². The molecule has 0 fully saturated rings. The topological polar surface area (TPSA) is 34.1 Å². The molecular weight excluding hydrogens is 248 g/mol. The van der Waals surface area contributed by atoms with E-state index in [1.807, 2.05) is 54.3 Å². The van der Waals surface area contributed by atoms with Crippen LogP contribution in [0.5, 0.6) is 0 Å². The Morgan fingerprint density at radius 1 is 0.700 bits per heavy atom. The molecule has 0 saturated carbocycles. The summed E-state index contributed by atoms with van der Waals surface area (Å²) in [5.41, 5.74) is 0. The van der Waals surface area contributed by atoms with Crippen LogP contribution in [-0.4, -0.2) is 11.9 Å². The van der Waals surface area contributed by atoms with Crippen LogP contribution in [0.2, 0.25) is 0 Å². The predicted octanol–water partition coefficient (Wildman–Crippen LogP) is 1.59. The summed E-state index contributed by atoms with van der Waals surface area (Å²) in [5, 5.41) is 6.66. The molecule has 20 heavy (non-hydrogen) atoms. The Hall–Kier alpha value is -2.92. The third-order valence-electron chi connectivity index (χ3n) is 3.86. The highest BCUT2D eigenvalue weighted by atomic mass is 16.1. The van der Waals surface area contributed by atoms with Gasteiger partial charge in [-0.25, -0.2) is 9.59 Å². The molecule has 0 radical (unpaired) electrons. The Morgan fingerprint density at radius 2 is 1.40 bits per heavy atom. The van der Waals surface area contributed by atoms with Gasteiger partial charge in [-0.3, -0.25) is 0 Å². The van der Waals surface area contributed by atoms with E-state index in [9.17, 15) is 9.59 Å². The van der Waals surface area contributed by atoms with Gasteiger partial charge in [0.25, 0.3) is 0 Å². The van der Waals surface area contributed by atoms with Crippen LogP contribution in [0.1, 0.15) is 0 Å². The predicted molar refractivity (Wildman–Crippen MR) is 79.0 cm³/mol. The van der Waals surface area contributed by atoms with Crippen LogP contribution in [0.3, 0.4) is 0 Å². The average molecular weight is 256 g/mol. The lowest BCUT2D eigenvalue weighted by Crippen LogP contribution is -2.28. The van der Waals surface area contributed by atoms with E-state index in [4.69, 9.17) is 0 Å². The zero-order valence-electron chi connectivity index (χ0n) is 10.4. The SMILES string of the molecule is O=C=c1cc2ccc3cccc4ccc(c1=C=O)c2c34. The van der Waals surface area contributed by atoms with E-state index in [1.165, 1.54) is 0 Å². The minimum atomic E-state index is 0.269. The van der Waals surface area contributed by atoms with Crippen molar-refractivity contribution in [2.24, 2.45) is 0 Å². The van der Waals surface area contributed by atoms with Gasteiger partial charge in [0.15, 0.2) is 0 Å². The summed E-state index contributed by atoms with van der Waals surface area (Å²) in [6, 6.07) is 15.7. The summed E-state index contributed by atoms with van der Waals surface area (Å²) in [6.07, 6.45) is 0. The average Bonchev–Trinajstić information content (AvgIpc) is 2.51. The summed E-state index contributed by atoms with van der Waals surface area (Å²) in [6.45, 7) is 0. The third-order valence-corrected chi connectivity index (χ3v) is 3.86. The second-order valence-electron chi connectivity index (χ2n) is 4.86. The molecule has 0 amide bonds. The highest BCUT2D eigenvalue weighted by Crippen LogP contribution is 2.31. The van der Waals surface area contributed by atoms with Crippen LogP contribution in [-0.2, 0) is 9.59 Å². The first kappa shape index (κ1) is 11.0.